The summed E-state index contributed by atoms with van der Waals surface area (Å²) in [6, 6.07) is 17.5. The van der Waals surface area contributed by atoms with Gasteiger partial charge in [-0.05, 0) is 49.6 Å². The largest absolute Gasteiger partial charge is 0.457 e. The van der Waals surface area contributed by atoms with E-state index in [1.54, 1.807) is 18.6 Å². The Morgan fingerprint density at radius 3 is 2.40 bits per heavy atom. The molecule has 0 saturated carbocycles. The van der Waals surface area contributed by atoms with E-state index in [4.69, 9.17) is 4.74 Å². The maximum Gasteiger partial charge on any atom is 0.223 e. The van der Waals surface area contributed by atoms with Gasteiger partial charge in [0.05, 0.1) is 12.2 Å². The van der Waals surface area contributed by atoms with Crippen molar-refractivity contribution >= 4 is 11.7 Å². The first-order chi connectivity index (χ1) is 14.7. The third kappa shape index (κ3) is 4.95. The van der Waals surface area contributed by atoms with Crippen LogP contribution in [-0.2, 0) is 4.79 Å². The number of rotatable bonds is 6. The van der Waals surface area contributed by atoms with Crippen molar-refractivity contribution in [3.8, 4) is 11.5 Å². The van der Waals surface area contributed by atoms with Crippen LogP contribution in [-0.4, -0.2) is 29.0 Å². The minimum Gasteiger partial charge on any atom is -0.457 e. The molecule has 1 aliphatic rings. The third-order valence-corrected chi connectivity index (χ3v) is 5.46. The first-order valence-electron chi connectivity index (χ1n) is 10.3. The number of piperidine rings is 1. The van der Waals surface area contributed by atoms with E-state index >= 15 is 0 Å². The fraction of sp³-hybridized carbons (Fsp3) is 0.292. The van der Waals surface area contributed by atoms with Crippen molar-refractivity contribution in [3.63, 3.8) is 0 Å². The number of carbonyl (C=O) groups excluding carboxylic acids is 1. The van der Waals surface area contributed by atoms with Gasteiger partial charge in [0.2, 0.25) is 5.91 Å². The van der Waals surface area contributed by atoms with E-state index in [0.717, 1.165) is 48.8 Å². The summed E-state index contributed by atoms with van der Waals surface area (Å²) in [5.41, 5.74) is 1.06. The van der Waals surface area contributed by atoms with Crippen molar-refractivity contribution in [2.75, 3.05) is 18.0 Å². The normalized spacial score (nSPS) is 15.4. The Balaban J connectivity index is 1.28. The second-order valence-corrected chi connectivity index (χ2v) is 7.54. The maximum atomic E-state index is 12.8. The molecule has 1 amide bonds. The summed E-state index contributed by atoms with van der Waals surface area (Å²) < 4.78 is 5.83. The Kier molecular flexibility index (Phi) is 6.23. The first-order valence-corrected chi connectivity index (χ1v) is 10.3. The van der Waals surface area contributed by atoms with E-state index in [-0.39, 0.29) is 17.9 Å². The number of nitrogens with one attached hydrogen (secondary N) is 1. The summed E-state index contributed by atoms with van der Waals surface area (Å²) >= 11 is 0. The zero-order chi connectivity index (χ0) is 20.8. The van der Waals surface area contributed by atoms with Crippen LogP contribution in [0.3, 0.4) is 0 Å². The summed E-state index contributed by atoms with van der Waals surface area (Å²) in [5.74, 6) is 2.61. The Hall–Kier alpha value is -3.41. The van der Waals surface area contributed by atoms with Crippen molar-refractivity contribution < 1.29 is 9.53 Å². The second-order valence-electron chi connectivity index (χ2n) is 7.54. The quantitative estimate of drug-likeness (QED) is 0.663. The highest BCUT2D eigenvalue weighted by atomic mass is 16.5. The SMILES string of the molecule is CC(NC(=O)C1CCN(c2cnccn2)CC1)c1ccc(Oc2ccccc2)cc1. The van der Waals surface area contributed by atoms with Gasteiger partial charge in [-0.1, -0.05) is 30.3 Å². The van der Waals surface area contributed by atoms with Gasteiger partial charge in [-0.25, -0.2) is 4.98 Å². The first kappa shape index (κ1) is 19.9. The average molecular weight is 402 g/mol. The third-order valence-electron chi connectivity index (χ3n) is 5.46. The van der Waals surface area contributed by atoms with Crippen LogP contribution in [0.15, 0.2) is 73.2 Å². The molecule has 6 nitrogen and oxygen atoms in total. The number of hydrogen-bond donors (Lipinski definition) is 1. The molecule has 6 heteroatoms. The van der Waals surface area contributed by atoms with E-state index < -0.39 is 0 Å². The number of aromatic nitrogens is 2. The van der Waals surface area contributed by atoms with Crippen molar-refractivity contribution in [1.29, 1.82) is 0 Å². The molecule has 0 bridgehead atoms. The van der Waals surface area contributed by atoms with E-state index in [2.05, 4.69) is 20.2 Å². The van der Waals surface area contributed by atoms with Crippen LogP contribution in [0.5, 0.6) is 11.5 Å². The lowest BCUT2D eigenvalue weighted by molar-refractivity contribution is -0.126. The highest BCUT2D eigenvalue weighted by Crippen LogP contribution is 2.25. The zero-order valence-electron chi connectivity index (χ0n) is 17.1. The average Bonchev–Trinajstić information content (AvgIpc) is 2.81. The molecule has 1 aliphatic heterocycles. The molecule has 2 heterocycles. The van der Waals surface area contributed by atoms with E-state index in [1.165, 1.54) is 0 Å². The van der Waals surface area contributed by atoms with Crippen LogP contribution >= 0.6 is 0 Å². The molecule has 1 atom stereocenters. The van der Waals surface area contributed by atoms with Gasteiger partial charge in [-0.15, -0.1) is 0 Å². The van der Waals surface area contributed by atoms with E-state index in [9.17, 15) is 4.79 Å². The fourth-order valence-corrected chi connectivity index (χ4v) is 3.69. The molecule has 1 saturated heterocycles. The maximum absolute atomic E-state index is 12.8. The molecule has 0 spiro atoms. The Labute approximate surface area is 176 Å². The Morgan fingerprint density at radius 1 is 1.03 bits per heavy atom. The number of carbonyl (C=O) groups is 1. The summed E-state index contributed by atoms with van der Waals surface area (Å²) in [6.07, 6.45) is 6.78. The topological polar surface area (TPSA) is 67.4 Å². The van der Waals surface area contributed by atoms with Gasteiger partial charge in [0.25, 0.3) is 0 Å². The molecular weight excluding hydrogens is 376 g/mol. The van der Waals surface area contributed by atoms with Gasteiger partial charge >= 0.3 is 0 Å². The number of benzene rings is 2. The highest BCUT2D eigenvalue weighted by molar-refractivity contribution is 5.79. The summed E-state index contributed by atoms with van der Waals surface area (Å²) in [5, 5.41) is 3.16. The number of hydrogen-bond acceptors (Lipinski definition) is 5. The van der Waals surface area contributed by atoms with Gasteiger partial charge in [0.1, 0.15) is 17.3 Å². The monoisotopic (exact) mass is 402 g/mol. The molecule has 1 N–H and O–H groups in total. The Bertz CT molecular complexity index is 940. The van der Waals surface area contributed by atoms with Crippen LogP contribution in [0.1, 0.15) is 31.4 Å². The number of para-hydroxylation sites is 1. The van der Waals surface area contributed by atoms with Gasteiger partial charge in [0.15, 0.2) is 0 Å². The van der Waals surface area contributed by atoms with Crippen molar-refractivity contribution in [1.82, 2.24) is 15.3 Å². The number of ether oxygens (including phenoxy) is 1. The van der Waals surface area contributed by atoms with E-state index in [1.807, 2.05) is 61.5 Å². The van der Waals surface area contributed by atoms with Crippen molar-refractivity contribution in [2.24, 2.45) is 5.92 Å². The fourth-order valence-electron chi connectivity index (χ4n) is 3.69. The minimum absolute atomic E-state index is 0.0288. The van der Waals surface area contributed by atoms with Crippen LogP contribution in [0, 0.1) is 5.92 Å². The molecule has 0 aliphatic carbocycles. The lowest BCUT2D eigenvalue weighted by Gasteiger charge is -2.32. The zero-order valence-corrected chi connectivity index (χ0v) is 17.1. The van der Waals surface area contributed by atoms with Crippen molar-refractivity contribution in [2.45, 2.75) is 25.8 Å². The predicted molar refractivity (Wildman–Crippen MR) is 116 cm³/mol. The summed E-state index contributed by atoms with van der Waals surface area (Å²) in [6.45, 7) is 3.65. The lowest BCUT2D eigenvalue weighted by atomic mass is 9.95. The standard InChI is InChI=1S/C24H26N4O2/c1-18(19-7-9-22(10-8-19)30-21-5-3-2-4-6-21)27-24(29)20-11-15-28(16-12-20)23-17-25-13-14-26-23/h2-10,13-14,17-18,20H,11-12,15-16H2,1H3,(H,27,29). The van der Waals surface area contributed by atoms with Gasteiger partial charge < -0.3 is 15.0 Å². The summed E-state index contributed by atoms with van der Waals surface area (Å²) in [4.78, 5) is 23.4. The summed E-state index contributed by atoms with van der Waals surface area (Å²) in [7, 11) is 0. The molecule has 0 radical (unpaired) electrons. The van der Waals surface area contributed by atoms with E-state index in [0.29, 0.717) is 0 Å². The lowest BCUT2D eigenvalue weighted by Crippen LogP contribution is -2.41. The molecule has 30 heavy (non-hydrogen) atoms. The van der Waals surface area contributed by atoms with Gasteiger partial charge in [0, 0.05) is 31.4 Å². The van der Waals surface area contributed by atoms with Gasteiger partial charge in [-0.3, -0.25) is 9.78 Å². The van der Waals surface area contributed by atoms with Crippen LogP contribution in [0.4, 0.5) is 5.82 Å². The van der Waals surface area contributed by atoms with Crippen LogP contribution in [0.2, 0.25) is 0 Å². The molecule has 1 unspecified atom stereocenters. The van der Waals surface area contributed by atoms with Gasteiger partial charge in [-0.2, -0.15) is 0 Å². The number of anilines is 1. The predicted octanol–water partition coefficient (Wildman–Crippen LogP) is 4.36. The minimum atomic E-state index is -0.0544. The molecule has 1 fully saturated rings. The molecule has 3 aromatic rings. The second kappa shape index (κ2) is 9.39. The number of amides is 1. The van der Waals surface area contributed by atoms with Crippen LogP contribution < -0.4 is 15.0 Å². The molecule has 2 aromatic carbocycles. The smallest absolute Gasteiger partial charge is 0.223 e. The molecule has 4 rings (SSSR count). The highest BCUT2D eigenvalue weighted by Gasteiger charge is 2.26. The van der Waals surface area contributed by atoms with Crippen molar-refractivity contribution in [3.05, 3.63) is 78.8 Å². The Morgan fingerprint density at radius 2 is 1.73 bits per heavy atom. The molecular formula is C24H26N4O2. The molecule has 154 valence electrons. The molecule has 1 aromatic heterocycles. The number of nitrogens with zero attached hydrogens (tertiary/aromatic N) is 3. The van der Waals surface area contributed by atoms with Crippen LogP contribution in [0.25, 0.3) is 0 Å².